The molecular weight excluding hydrogens is 378 g/mol. The van der Waals surface area contributed by atoms with Gasteiger partial charge >= 0.3 is 0 Å². The number of rotatable bonds is 4. The molecule has 0 spiro atoms. The molecule has 0 bridgehead atoms. The lowest BCUT2D eigenvalue weighted by atomic mass is 9.93. The van der Waals surface area contributed by atoms with Crippen LogP contribution in [0.5, 0.6) is 0 Å². The SMILES string of the molecule is CC1(C)CC(n2c(CN=CN=NN)nc3cnc4ccc(Cl)cc4c32)CCO1. The van der Waals surface area contributed by atoms with Crippen LogP contribution in [0.3, 0.4) is 0 Å². The molecule has 3 heterocycles. The second-order valence-corrected chi connectivity index (χ2v) is 7.93. The molecule has 1 aliphatic rings. The Balaban J connectivity index is 1.92. The third kappa shape index (κ3) is 3.57. The molecule has 1 saturated heterocycles. The summed E-state index contributed by atoms with van der Waals surface area (Å²) in [5, 5.41) is 8.45. The summed E-state index contributed by atoms with van der Waals surface area (Å²) >= 11 is 6.29. The minimum absolute atomic E-state index is 0.200. The lowest BCUT2D eigenvalue weighted by molar-refractivity contribution is -0.0688. The highest BCUT2D eigenvalue weighted by atomic mass is 35.5. The number of ether oxygens (including phenoxy) is 1. The Labute approximate surface area is 167 Å². The standard InChI is InChI=1S/C19H22ClN7O/c1-19(2)8-13(5-6-28-19)27-17(10-22-11-24-26-21)25-16-9-23-15-4-3-12(20)7-14(15)18(16)27/h3-4,7,9,11,13H,5-6,8,10H2,1-2H3,(H2,21,22,24). The monoisotopic (exact) mass is 399 g/mol. The molecule has 0 amide bonds. The highest BCUT2D eigenvalue weighted by Gasteiger charge is 2.32. The first-order valence-electron chi connectivity index (χ1n) is 9.16. The maximum Gasteiger partial charge on any atom is 0.134 e. The predicted molar refractivity (Wildman–Crippen MR) is 110 cm³/mol. The van der Waals surface area contributed by atoms with Gasteiger partial charge in [0, 0.05) is 23.1 Å². The fraction of sp³-hybridized carbons (Fsp3) is 0.421. The summed E-state index contributed by atoms with van der Waals surface area (Å²) in [7, 11) is 0. The summed E-state index contributed by atoms with van der Waals surface area (Å²) in [6.45, 7) is 5.31. The first kappa shape index (κ1) is 18.8. The topological polar surface area (TPSA) is 103 Å². The average Bonchev–Trinajstić information content (AvgIpc) is 3.03. The Kier molecular flexibility index (Phi) is 4.99. The van der Waals surface area contributed by atoms with Crippen molar-refractivity contribution in [1.82, 2.24) is 14.5 Å². The van der Waals surface area contributed by atoms with E-state index in [2.05, 4.69) is 38.7 Å². The van der Waals surface area contributed by atoms with Gasteiger partial charge in [0.15, 0.2) is 0 Å². The molecule has 1 atom stereocenters. The number of pyridine rings is 1. The predicted octanol–water partition coefficient (Wildman–Crippen LogP) is 4.22. The largest absolute Gasteiger partial charge is 0.375 e. The van der Waals surface area contributed by atoms with Gasteiger partial charge in [0.2, 0.25) is 0 Å². The number of hydrogen-bond donors (Lipinski definition) is 1. The molecule has 4 rings (SSSR count). The van der Waals surface area contributed by atoms with Gasteiger partial charge in [0.05, 0.1) is 29.4 Å². The summed E-state index contributed by atoms with van der Waals surface area (Å²) in [6, 6.07) is 5.97. The number of aliphatic imine (C=N–C) groups is 1. The second-order valence-electron chi connectivity index (χ2n) is 7.49. The maximum absolute atomic E-state index is 6.29. The molecule has 1 unspecified atom stereocenters. The molecule has 0 aliphatic carbocycles. The van der Waals surface area contributed by atoms with Gasteiger partial charge in [-0.15, -0.1) is 5.11 Å². The van der Waals surface area contributed by atoms with Crippen LogP contribution < -0.4 is 5.84 Å². The normalized spacial score (nSPS) is 20.0. The summed E-state index contributed by atoms with van der Waals surface area (Å²) < 4.78 is 8.20. The minimum Gasteiger partial charge on any atom is -0.375 e. The summed E-state index contributed by atoms with van der Waals surface area (Å²) in [5.74, 6) is 5.88. The van der Waals surface area contributed by atoms with Crippen LogP contribution in [-0.4, -0.2) is 33.1 Å². The Morgan fingerprint density at radius 3 is 3.04 bits per heavy atom. The first-order valence-corrected chi connectivity index (χ1v) is 9.54. The van der Waals surface area contributed by atoms with E-state index in [9.17, 15) is 0 Å². The molecule has 0 saturated carbocycles. The summed E-state index contributed by atoms with van der Waals surface area (Å²) in [5.41, 5.74) is 2.54. The third-order valence-corrected chi connectivity index (χ3v) is 5.25. The highest BCUT2D eigenvalue weighted by molar-refractivity contribution is 6.31. The van der Waals surface area contributed by atoms with Gasteiger partial charge in [-0.25, -0.2) is 4.98 Å². The van der Waals surface area contributed by atoms with Crippen LogP contribution in [0.15, 0.2) is 39.7 Å². The van der Waals surface area contributed by atoms with Crippen molar-refractivity contribution in [3.8, 4) is 0 Å². The number of nitrogens with zero attached hydrogens (tertiary/aromatic N) is 6. The van der Waals surface area contributed by atoms with Crippen molar-refractivity contribution in [3.63, 3.8) is 0 Å². The van der Waals surface area contributed by atoms with Gasteiger partial charge in [-0.1, -0.05) is 16.8 Å². The van der Waals surface area contributed by atoms with Gasteiger partial charge in [-0.2, -0.15) is 0 Å². The maximum atomic E-state index is 6.29. The van der Waals surface area contributed by atoms with Crippen LogP contribution in [0.25, 0.3) is 21.9 Å². The van der Waals surface area contributed by atoms with Crippen molar-refractivity contribution >= 4 is 39.9 Å². The zero-order valence-corrected chi connectivity index (χ0v) is 16.6. The number of nitrogens with two attached hydrogens (primary N) is 1. The second kappa shape index (κ2) is 7.44. The molecule has 28 heavy (non-hydrogen) atoms. The fourth-order valence-electron chi connectivity index (χ4n) is 3.91. The summed E-state index contributed by atoms with van der Waals surface area (Å²) in [4.78, 5) is 13.6. The zero-order valence-electron chi connectivity index (χ0n) is 15.8. The van der Waals surface area contributed by atoms with E-state index in [4.69, 9.17) is 27.2 Å². The molecular formula is C19H22ClN7O. The van der Waals surface area contributed by atoms with E-state index in [0.717, 1.165) is 40.6 Å². The van der Waals surface area contributed by atoms with Crippen molar-refractivity contribution in [2.45, 2.75) is 44.9 Å². The molecule has 1 aliphatic heterocycles. The summed E-state index contributed by atoms with van der Waals surface area (Å²) in [6.07, 6.45) is 4.92. The number of hydrogen-bond acceptors (Lipinski definition) is 5. The van der Waals surface area contributed by atoms with Gasteiger partial charge in [-0.3, -0.25) is 9.98 Å². The van der Waals surface area contributed by atoms with Crippen molar-refractivity contribution in [1.29, 1.82) is 0 Å². The van der Waals surface area contributed by atoms with E-state index < -0.39 is 0 Å². The highest BCUT2D eigenvalue weighted by Crippen LogP contribution is 2.37. The van der Waals surface area contributed by atoms with Gasteiger partial charge in [0.25, 0.3) is 0 Å². The molecule has 1 fully saturated rings. The number of halogens is 1. The van der Waals surface area contributed by atoms with Crippen LogP contribution in [0.4, 0.5) is 0 Å². The van der Waals surface area contributed by atoms with E-state index in [1.165, 1.54) is 6.34 Å². The first-order chi connectivity index (χ1) is 13.5. The van der Waals surface area contributed by atoms with E-state index >= 15 is 0 Å². The van der Waals surface area contributed by atoms with Crippen molar-refractivity contribution < 1.29 is 4.74 Å². The molecule has 3 aromatic rings. The van der Waals surface area contributed by atoms with Crippen LogP contribution in [0.2, 0.25) is 5.02 Å². The van der Waals surface area contributed by atoms with E-state index in [1.807, 2.05) is 18.2 Å². The van der Waals surface area contributed by atoms with E-state index in [0.29, 0.717) is 18.2 Å². The average molecular weight is 400 g/mol. The van der Waals surface area contributed by atoms with Crippen LogP contribution in [0, 0.1) is 0 Å². The van der Waals surface area contributed by atoms with Crippen molar-refractivity contribution in [2.75, 3.05) is 6.61 Å². The van der Waals surface area contributed by atoms with Gasteiger partial charge in [0.1, 0.15) is 17.7 Å². The Bertz CT molecular complexity index is 1070. The fourth-order valence-corrected chi connectivity index (χ4v) is 4.08. The number of fused-ring (bicyclic) bond motifs is 3. The van der Waals surface area contributed by atoms with Gasteiger partial charge < -0.3 is 15.1 Å². The lowest BCUT2D eigenvalue weighted by Crippen LogP contribution is -2.35. The van der Waals surface area contributed by atoms with Crippen LogP contribution in [-0.2, 0) is 11.3 Å². The smallest absolute Gasteiger partial charge is 0.134 e. The molecule has 9 heteroatoms. The van der Waals surface area contributed by atoms with Gasteiger partial charge in [-0.05, 0) is 44.9 Å². The van der Waals surface area contributed by atoms with E-state index in [-0.39, 0.29) is 11.6 Å². The molecule has 2 N–H and O–H groups in total. The molecule has 1 aromatic carbocycles. The van der Waals surface area contributed by atoms with Crippen LogP contribution >= 0.6 is 11.6 Å². The zero-order chi connectivity index (χ0) is 19.7. The van der Waals surface area contributed by atoms with Crippen molar-refractivity contribution in [3.05, 3.63) is 35.2 Å². The molecule has 0 radical (unpaired) electrons. The number of aromatic nitrogens is 3. The van der Waals surface area contributed by atoms with Crippen LogP contribution in [0.1, 0.15) is 38.6 Å². The number of imidazole rings is 1. The lowest BCUT2D eigenvalue weighted by Gasteiger charge is -2.37. The molecule has 2 aromatic heterocycles. The van der Waals surface area contributed by atoms with Crippen molar-refractivity contribution in [2.24, 2.45) is 21.2 Å². The Morgan fingerprint density at radius 2 is 2.25 bits per heavy atom. The molecule has 146 valence electrons. The Morgan fingerprint density at radius 1 is 1.39 bits per heavy atom. The molecule has 8 nitrogen and oxygen atoms in total. The minimum atomic E-state index is -0.200. The quantitative estimate of drug-likeness (QED) is 0.233. The number of benzene rings is 1. The Hall–Kier alpha value is -2.58. The van der Waals surface area contributed by atoms with E-state index in [1.54, 1.807) is 6.20 Å². The third-order valence-electron chi connectivity index (χ3n) is 5.02.